The molecule has 26 heavy (non-hydrogen) atoms. The van der Waals surface area contributed by atoms with E-state index >= 15 is 0 Å². The predicted molar refractivity (Wildman–Crippen MR) is 122 cm³/mol. The summed E-state index contributed by atoms with van der Waals surface area (Å²) in [6, 6.07) is 6.38. The normalized spacial score (nSPS) is 15.7. The van der Waals surface area contributed by atoms with E-state index in [9.17, 15) is 0 Å². The van der Waals surface area contributed by atoms with Crippen LogP contribution in [-0.2, 0) is 16.0 Å². The van der Waals surface area contributed by atoms with Gasteiger partial charge in [0.1, 0.15) is 0 Å². The first-order valence-corrected chi connectivity index (χ1v) is 9.74. The highest BCUT2D eigenvalue weighted by molar-refractivity contribution is 14.0. The number of piperidine rings is 1. The number of hydrogen-bond acceptors (Lipinski definition) is 3. The molecule has 2 rings (SSSR count). The van der Waals surface area contributed by atoms with E-state index < -0.39 is 0 Å². The van der Waals surface area contributed by atoms with Crippen LogP contribution in [0.1, 0.15) is 30.4 Å². The van der Waals surface area contributed by atoms with Crippen molar-refractivity contribution in [2.24, 2.45) is 4.99 Å². The first-order valence-electron chi connectivity index (χ1n) is 8.95. The average Bonchev–Trinajstić information content (AvgIpc) is 2.62. The van der Waals surface area contributed by atoms with Gasteiger partial charge in [0.05, 0.1) is 6.10 Å². The molecule has 7 heteroatoms. The van der Waals surface area contributed by atoms with Crippen LogP contribution >= 0.6 is 39.9 Å². The van der Waals surface area contributed by atoms with E-state index in [0.717, 1.165) is 62.5 Å². The Balaban J connectivity index is 0.00000338. The van der Waals surface area contributed by atoms with Crippen molar-refractivity contribution < 1.29 is 9.47 Å². The van der Waals surface area contributed by atoms with Crippen LogP contribution in [0.3, 0.4) is 0 Å². The molecule has 1 aliphatic heterocycles. The van der Waals surface area contributed by atoms with Crippen molar-refractivity contribution in [1.29, 1.82) is 0 Å². The zero-order valence-corrected chi connectivity index (χ0v) is 19.9. The second kappa shape index (κ2) is 12.9. The van der Waals surface area contributed by atoms with Gasteiger partial charge in [-0.3, -0.25) is 4.99 Å². The van der Waals surface area contributed by atoms with Gasteiger partial charge in [0.15, 0.2) is 5.96 Å². The summed E-state index contributed by atoms with van der Waals surface area (Å²) in [4.78, 5) is 6.77. The summed E-state index contributed by atoms with van der Waals surface area (Å²) in [5, 5.41) is 3.49. The molecule has 0 saturated carbocycles. The number of rotatable bonds is 7. The molecule has 0 atom stereocenters. The Labute approximate surface area is 183 Å². The molecule has 1 fully saturated rings. The molecule has 1 aromatic carbocycles. The number of ether oxygens (including phenoxy) is 2. The summed E-state index contributed by atoms with van der Waals surface area (Å²) in [5.41, 5.74) is 2.57. The molecule has 0 radical (unpaired) electrons. The minimum atomic E-state index is 0. The van der Waals surface area contributed by atoms with Crippen LogP contribution in [0.15, 0.2) is 27.7 Å². The van der Waals surface area contributed by atoms with Gasteiger partial charge in [-0.2, -0.15) is 0 Å². The molecule has 0 aliphatic carbocycles. The van der Waals surface area contributed by atoms with Crippen molar-refractivity contribution in [3.63, 3.8) is 0 Å². The predicted octanol–water partition coefficient (Wildman–Crippen LogP) is 3.97. The fraction of sp³-hybridized carbons (Fsp3) is 0.632. The lowest BCUT2D eigenvalue weighted by Gasteiger charge is -2.34. The number of hydrogen-bond donors (Lipinski definition) is 1. The summed E-state index contributed by atoms with van der Waals surface area (Å²) in [6.07, 6.45) is 3.42. The standard InChI is InChI=1S/C19H30BrN3O2.HI/c1-15-13-17(20)6-5-16(15)14-22-19(21-2)23-9-7-18(8-10-23)25-12-4-11-24-3;/h5-6,13,18H,4,7-12,14H2,1-3H3,(H,21,22);1H. The van der Waals surface area contributed by atoms with Crippen LogP contribution in [0.25, 0.3) is 0 Å². The highest BCUT2D eigenvalue weighted by Gasteiger charge is 2.21. The largest absolute Gasteiger partial charge is 0.385 e. The van der Waals surface area contributed by atoms with Gasteiger partial charge in [-0.25, -0.2) is 0 Å². The number of likely N-dealkylation sites (tertiary alicyclic amines) is 1. The number of halogens is 2. The third kappa shape index (κ3) is 7.70. The number of nitrogens with zero attached hydrogens (tertiary/aromatic N) is 2. The lowest BCUT2D eigenvalue weighted by Crippen LogP contribution is -2.46. The van der Waals surface area contributed by atoms with Crippen LogP contribution in [-0.4, -0.2) is 57.4 Å². The maximum absolute atomic E-state index is 5.93. The highest BCUT2D eigenvalue weighted by atomic mass is 127. The maximum atomic E-state index is 5.93. The quantitative estimate of drug-likeness (QED) is 0.246. The van der Waals surface area contributed by atoms with Crippen molar-refractivity contribution in [2.45, 2.75) is 38.8 Å². The van der Waals surface area contributed by atoms with E-state index in [2.05, 4.69) is 56.3 Å². The summed E-state index contributed by atoms with van der Waals surface area (Å²) < 4.78 is 12.1. The lowest BCUT2D eigenvalue weighted by molar-refractivity contribution is 0.00990. The van der Waals surface area contributed by atoms with E-state index in [1.165, 1.54) is 11.1 Å². The number of guanidine groups is 1. The van der Waals surface area contributed by atoms with Gasteiger partial charge in [0.2, 0.25) is 0 Å². The van der Waals surface area contributed by atoms with Gasteiger partial charge in [-0.1, -0.05) is 22.0 Å². The summed E-state index contributed by atoms with van der Waals surface area (Å²) in [5.74, 6) is 0.972. The fourth-order valence-corrected chi connectivity index (χ4v) is 3.53. The molecule has 0 spiro atoms. The van der Waals surface area contributed by atoms with Gasteiger partial charge in [0, 0.05) is 51.5 Å². The van der Waals surface area contributed by atoms with Crippen molar-refractivity contribution in [3.8, 4) is 0 Å². The topological polar surface area (TPSA) is 46.1 Å². The average molecular weight is 540 g/mol. The molecule has 1 aromatic rings. The number of aliphatic imine (C=N–C) groups is 1. The Morgan fingerprint density at radius 2 is 2.04 bits per heavy atom. The zero-order valence-electron chi connectivity index (χ0n) is 16.0. The molecule has 5 nitrogen and oxygen atoms in total. The SMILES string of the molecule is CN=C(NCc1ccc(Br)cc1C)N1CCC(OCCCOC)CC1.I. The van der Waals surface area contributed by atoms with Crippen molar-refractivity contribution in [3.05, 3.63) is 33.8 Å². The molecule has 0 unspecified atom stereocenters. The fourth-order valence-electron chi connectivity index (χ4n) is 3.05. The molecular weight excluding hydrogens is 509 g/mol. The van der Waals surface area contributed by atoms with E-state index in [1.807, 2.05) is 7.05 Å². The first kappa shape index (κ1) is 23.7. The van der Waals surface area contributed by atoms with Gasteiger partial charge in [-0.05, 0) is 49.4 Å². The minimum absolute atomic E-state index is 0. The number of methoxy groups -OCH3 is 1. The molecule has 0 amide bonds. The number of nitrogens with one attached hydrogen (secondary N) is 1. The van der Waals surface area contributed by atoms with Crippen LogP contribution in [0.4, 0.5) is 0 Å². The van der Waals surface area contributed by atoms with Crippen molar-refractivity contribution in [1.82, 2.24) is 10.2 Å². The third-order valence-corrected chi connectivity index (χ3v) is 5.03. The molecule has 1 N–H and O–H groups in total. The summed E-state index contributed by atoms with van der Waals surface area (Å²) in [7, 11) is 3.58. The van der Waals surface area contributed by atoms with Crippen LogP contribution in [0.5, 0.6) is 0 Å². The van der Waals surface area contributed by atoms with E-state index in [-0.39, 0.29) is 24.0 Å². The first-order chi connectivity index (χ1) is 12.1. The van der Waals surface area contributed by atoms with E-state index in [0.29, 0.717) is 6.10 Å². The highest BCUT2D eigenvalue weighted by Crippen LogP contribution is 2.17. The Morgan fingerprint density at radius 3 is 2.65 bits per heavy atom. The van der Waals surface area contributed by atoms with Crippen LogP contribution in [0.2, 0.25) is 0 Å². The minimum Gasteiger partial charge on any atom is -0.385 e. The Bertz CT molecular complexity index is 564. The summed E-state index contributed by atoms with van der Waals surface area (Å²) >= 11 is 3.51. The van der Waals surface area contributed by atoms with Crippen molar-refractivity contribution >= 4 is 45.9 Å². The van der Waals surface area contributed by atoms with Gasteiger partial charge >= 0.3 is 0 Å². The number of benzene rings is 1. The molecule has 0 bridgehead atoms. The molecule has 1 aliphatic rings. The third-order valence-electron chi connectivity index (χ3n) is 4.54. The van der Waals surface area contributed by atoms with Crippen LogP contribution < -0.4 is 5.32 Å². The zero-order chi connectivity index (χ0) is 18.1. The molecular formula is C19H31BrIN3O2. The molecule has 1 heterocycles. The molecule has 0 aromatic heterocycles. The monoisotopic (exact) mass is 539 g/mol. The molecule has 1 saturated heterocycles. The van der Waals surface area contributed by atoms with Crippen molar-refractivity contribution in [2.75, 3.05) is 40.5 Å². The van der Waals surface area contributed by atoms with E-state index in [1.54, 1.807) is 7.11 Å². The Hall–Kier alpha value is -0.380. The molecule has 148 valence electrons. The van der Waals surface area contributed by atoms with E-state index in [4.69, 9.17) is 9.47 Å². The Morgan fingerprint density at radius 1 is 1.31 bits per heavy atom. The smallest absolute Gasteiger partial charge is 0.193 e. The van der Waals surface area contributed by atoms with Gasteiger partial charge in [-0.15, -0.1) is 24.0 Å². The van der Waals surface area contributed by atoms with Crippen LogP contribution in [0, 0.1) is 6.92 Å². The lowest BCUT2D eigenvalue weighted by atomic mass is 10.1. The van der Waals surface area contributed by atoms with Gasteiger partial charge < -0.3 is 19.7 Å². The second-order valence-corrected chi connectivity index (χ2v) is 7.29. The summed E-state index contributed by atoms with van der Waals surface area (Å²) in [6.45, 7) is 6.44. The second-order valence-electron chi connectivity index (χ2n) is 6.38. The number of aryl methyl sites for hydroxylation is 1. The van der Waals surface area contributed by atoms with Gasteiger partial charge in [0.25, 0.3) is 0 Å². The Kier molecular flexibility index (Phi) is 11.7. The maximum Gasteiger partial charge on any atom is 0.193 e.